The molecule has 0 bridgehead atoms. The Kier molecular flexibility index (Phi) is 8.19. The molecule has 0 radical (unpaired) electrons. The molecule has 0 N–H and O–H groups in total. The van der Waals surface area contributed by atoms with E-state index in [1.165, 1.54) is 28.9 Å². The first-order chi connectivity index (χ1) is 17.5. The fourth-order valence-corrected chi connectivity index (χ4v) is 5.95. The summed E-state index contributed by atoms with van der Waals surface area (Å²) >= 11 is 0. The molecule has 0 aliphatic carbocycles. The first-order valence-electron chi connectivity index (χ1n) is 13.1. The summed E-state index contributed by atoms with van der Waals surface area (Å²) in [6, 6.07) is 12.3. The summed E-state index contributed by atoms with van der Waals surface area (Å²) in [5.41, 5.74) is 3.50. The Hall–Kier alpha value is -2.58. The lowest BCUT2D eigenvalue weighted by Crippen LogP contribution is -2.53. The Morgan fingerprint density at radius 1 is 0.946 bits per heavy atom. The summed E-state index contributed by atoms with van der Waals surface area (Å²) in [7, 11) is 3.90. The van der Waals surface area contributed by atoms with Crippen LogP contribution >= 0.6 is 0 Å². The molecule has 0 unspecified atom stereocenters. The minimum absolute atomic E-state index is 0.113. The van der Waals surface area contributed by atoms with Crippen molar-refractivity contribution in [3.8, 4) is 0 Å². The normalized spacial score (nSPS) is 18.9. The van der Waals surface area contributed by atoms with Gasteiger partial charge in [-0.15, -0.1) is 0 Å². The average molecular weight is 517 g/mol. The van der Waals surface area contributed by atoms with Gasteiger partial charge in [0.05, 0.1) is 12.1 Å². The number of likely N-dealkylation sites (tertiary alicyclic amines) is 1. The van der Waals surface area contributed by atoms with Crippen LogP contribution < -0.4 is 4.90 Å². The van der Waals surface area contributed by atoms with Gasteiger partial charge in [-0.1, -0.05) is 35.9 Å². The molecule has 0 aromatic heterocycles. The van der Waals surface area contributed by atoms with E-state index in [-0.39, 0.29) is 5.91 Å². The minimum Gasteiger partial charge on any atom is -0.369 e. The van der Waals surface area contributed by atoms with E-state index in [0.29, 0.717) is 44.6 Å². The number of amides is 1. The van der Waals surface area contributed by atoms with Crippen LogP contribution in [-0.4, -0.2) is 87.1 Å². The SMILES string of the molecule is Cc1ccc(N2CCN(CC(=O)N3CCC(CN(C)C)(c4cccc(C(F)(F)F)c4)CC3)CC2)c(C)c1. The number of piperidine rings is 1. The molecule has 2 fully saturated rings. The summed E-state index contributed by atoms with van der Waals surface area (Å²) in [4.78, 5) is 21.7. The minimum atomic E-state index is -4.37. The highest BCUT2D eigenvalue weighted by atomic mass is 19.4. The lowest BCUT2D eigenvalue weighted by molar-refractivity contribution is -0.137. The maximum Gasteiger partial charge on any atom is 0.416 e. The summed E-state index contributed by atoms with van der Waals surface area (Å²) < 4.78 is 40.2. The van der Waals surface area contributed by atoms with Crippen molar-refractivity contribution in [2.24, 2.45) is 0 Å². The molecule has 5 nitrogen and oxygen atoms in total. The van der Waals surface area contributed by atoms with Gasteiger partial charge >= 0.3 is 6.18 Å². The largest absolute Gasteiger partial charge is 0.416 e. The van der Waals surface area contributed by atoms with Crippen molar-refractivity contribution in [1.29, 1.82) is 0 Å². The average Bonchev–Trinajstić information content (AvgIpc) is 2.84. The van der Waals surface area contributed by atoms with E-state index in [1.807, 2.05) is 30.0 Å². The number of hydrogen-bond acceptors (Lipinski definition) is 4. The number of alkyl halides is 3. The van der Waals surface area contributed by atoms with E-state index in [9.17, 15) is 18.0 Å². The Labute approximate surface area is 218 Å². The third-order valence-electron chi connectivity index (χ3n) is 7.92. The Balaban J connectivity index is 1.35. The third kappa shape index (κ3) is 6.47. The second-order valence-electron chi connectivity index (χ2n) is 11.0. The number of aryl methyl sites for hydroxylation is 2. The van der Waals surface area contributed by atoms with E-state index in [2.05, 4.69) is 41.8 Å². The van der Waals surface area contributed by atoms with Gasteiger partial charge in [0.2, 0.25) is 5.91 Å². The standard InChI is InChI=1S/C29H39F3N4O/c1-22-8-9-26(23(2)18-22)35-16-14-34(15-17-35)20-27(37)36-12-10-28(11-13-36,21-33(3)4)24-6-5-7-25(19-24)29(30,31)32/h5-9,18-19H,10-17,20-21H2,1-4H3. The number of anilines is 1. The molecule has 4 rings (SSSR count). The van der Waals surface area contributed by atoms with Crippen LogP contribution in [0.5, 0.6) is 0 Å². The molecule has 2 aromatic rings. The molecule has 2 saturated heterocycles. The van der Waals surface area contributed by atoms with Gasteiger partial charge in [0.1, 0.15) is 0 Å². The molecule has 0 spiro atoms. The lowest BCUT2D eigenvalue weighted by Gasteiger charge is -2.44. The van der Waals surface area contributed by atoms with Crippen molar-refractivity contribution in [2.45, 2.75) is 38.3 Å². The maximum absolute atomic E-state index is 13.4. The highest BCUT2D eigenvalue weighted by Crippen LogP contribution is 2.39. The second kappa shape index (κ2) is 11.0. The van der Waals surface area contributed by atoms with Gasteiger partial charge in [-0.3, -0.25) is 9.69 Å². The van der Waals surface area contributed by atoms with Gasteiger partial charge < -0.3 is 14.7 Å². The van der Waals surface area contributed by atoms with Gasteiger partial charge in [0, 0.05) is 56.9 Å². The van der Waals surface area contributed by atoms with Crippen molar-refractivity contribution in [3.05, 3.63) is 64.7 Å². The predicted molar refractivity (Wildman–Crippen MR) is 142 cm³/mol. The fraction of sp³-hybridized carbons (Fsp3) is 0.552. The first kappa shape index (κ1) is 27.5. The van der Waals surface area contributed by atoms with Crippen LogP contribution in [0.1, 0.15) is 35.1 Å². The van der Waals surface area contributed by atoms with Crippen molar-refractivity contribution in [3.63, 3.8) is 0 Å². The summed E-state index contributed by atoms with van der Waals surface area (Å²) in [6.07, 6.45) is -3.06. The predicted octanol–water partition coefficient (Wildman–Crippen LogP) is 4.57. The van der Waals surface area contributed by atoms with Crippen molar-refractivity contribution < 1.29 is 18.0 Å². The molecule has 8 heteroatoms. The Morgan fingerprint density at radius 3 is 2.22 bits per heavy atom. The van der Waals surface area contributed by atoms with Crippen LogP contribution in [0.4, 0.5) is 18.9 Å². The van der Waals surface area contributed by atoms with E-state index in [0.717, 1.165) is 32.2 Å². The summed E-state index contributed by atoms with van der Waals surface area (Å²) in [6.45, 7) is 9.86. The zero-order valence-electron chi connectivity index (χ0n) is 22.4. The highest BCUT2D eigenvalue weighted by Gasteiger charge is 2.40. The van der Waals surface area contributed by atoms with E-state index >= 15 is 0 Å². The number of piperazine rings is 1. The van der Waals surface area contributed by atoms with Gasteiger partial charge in [0.25, 0.3) is 0 Å². The first-order valence-corrected chi connectivity index (χ1v) is 13.1. The maximum atomic E-state index is 13.4. The molecule has 202 valence electrons. The third-order valence-corrected chi connectivity index (χ3v) is 7.92. The molecule has 37 heavy (non-hydrogen) atoms. The topological polar surface area (TPSA) is 30.0 Å². The van der Waals surface area contributed by atoms with Crippen LogP contribution in [0, 0.1) is 13.8 Å². The van der Waals surface area contributed by atoms with Gasteiger partial charge in [-0.25, -0.2) is 0 Å². The summed E-state index contributed by atoms with van der Waals surface area (Å²) in [5.74, 6) is 0.113. The smallest absolute Gasteiger partial charge is 0.369 e. The number of nitrogens with zero attached hydrogens (tertiary/aromatic N) is 4. The Morgan fingerprint density at radius 2 is 1.62 bits per heavy atom. The molecule has 2 heterocycles. The van der Waals surface area contributed by atoms with Crippen LogP contribution in [0.15, 0.2) is 42.5 Å². The van der Waals surface area contributed by atoms with Crippen LogP contribution in [0.2, 0.25) is 0 Å². The zero-order chi connectivity index (χ0) is 26.8. The molecular weight excluding hydrogens is 477 g/mol. The molecule has 2 aliphatic heterocycles. The molecule has 1 amide bonds. The van der Waals surface area contributed by atoms with Gasteiger partial charge in [0.15, 0.2) is 0 Å². The van der Waals surface area contributed by atoms with Crippen molar-refractivity contribution in [2.75, 3.05) is 71.4 Å². The number of hydrogen-bond donors (Lipinski definition) is 0. The number of likely N-dealkylation sites (N-methyl/N-ethyl adjacent to an activating group) is 1. The van der Waals surface area contributed by atoms with Crippen LogP contribution in [-0.2, 0) is 16.4 Å². The molecule has 2 aliphatic rings. The molecule has 0 atom stereocenters. The number of carbonyl (C=O) groups is 1. The lowest BCUT2D eigenvalue weighted by atomic mass is 9.72. The fourth-order valence-electron chi connectivity index (χ4n) is 5.95. The van der Waals surface area contributed by atoms with Gasteiger partial charge in [-0.05, 0) is 64.0 Å². The van der Waals surface area contributed by atoms with Crippen LogP contribution in [0.3, 0.4) is 0 Å². The number of benzene rings is 2. The number of halogens is 3. The molecular formula is C29H39F3N4O. The number of rotatable bonds is 6. The van der Waals surface area contributed by atoms with E-state index < -0.39 is 17.2 Å². The monoisotopic (exact) mass is 516 g/mol. The molecule has 2 aromatic carbocycles. The van der Waals surface area contributed by atoms with Crippen molar-refractivity contribution in [1.82, 2.24) is 14.7 Å². The zero-order valence-corrected chi connectivity index (χ0v) is 22.4. The quantitative estimate of drug-likeness (QED) is 0.563. The van der Waals surface area contributed by atoms with Crippen LogP contribution in [0.25, 0.3) is 0 Å². The second-order valence-corrected chi connectivity index (χ2v) is 11.0. The molecule has 0 saturated carbocycles. The summed E-state index contributed by atoms with van der Waals surface area (Å²) in [5, 5.41) is 0. The Bertz CT molecular complexity index is 1080. The van der Waals surface area contributed by atoms with Crippen molar-refractivity contribution >= 4 is 11.6 Å². The number of carbonyl (C=O) groups excluding carboxylic acids is 1. The highest BCUT2D eigenvalue weighted by molar-refractivity contribution is 5.78. The van der Waals surface area contributed by atoms with E-state index in [1.54, 1.807) is 0 Å². The van der Waals surface area contributed by atoms with E-state index in [4.69, 9.17) is 0 Å². The van der Waals surface area contributed by atoms with Gasteiger partial charge in [-0.2, -0.15) is 13.2 Å².